The molecule has 0 saturated heterocycles. The molecule has 2 aromatic heterocycles. The fourth-order valence-corrected chi connectivity index (χ4v) is 7.70. The maximum absolute atomic E-state index is 12.5. The van der Waals surface area contributed by atoms with Crippen molar-refractivity contribution >= 4 is 55.2 Å². The van der Waals surface area contributed by atoms with Gasteiger partial charge in [-0.25, -0.2) is 16.8 Å². The predicted molar refractivity (Wildman–Crippen MR) is 236 cm³/mol. The van der Waals surface area contributed by atoms with Crippen molar-refractivity contribution in [1.29, 1.82) is 0 Å². The molecule has 0 amide bonds. The van der Waals surface area contributed by atoms with Crippen LogP contribution in [0.4, 0.5) is 0 Å². The second-order valence-corrected chi connectivity index (χ2v) is 19.5. The summed E-state index contributed by atoms with van der Waals surface area (Å²) in [4.78, 5) is 30.9. The highest BCUT2D eigenvalue weighted by Crippen LogP contribution is 2.33. The lowest BCUT2D eigenvalue weighted by molar-refractivity contribution is -0.153. The molecule has 0 saturated carbocycles. The molecule has 22 heteroatoms. The van der Waals surface area contributed by atoms with Crippen molar-refractivity contribution in [2.75, 3.05) is 13.1 Å². The number of sulfonamides is 2. The van der Waals surface area contributed by atoms with Gasteiger partial charge in [0.05, 0.1) is 32.0 Å². The molecule has 4 aromatic carbocycles. The first-order valence-electron chi connectivity index (χ1n) is 19.2. The Morgan fingerprint density at radius 1 is 0.641 bits per heavy atom. The van der Waals surface area contributed by atoms with Crippen molar-refractivity contribution in [2.24, 2.45) is 0 Å². The first-order valence-corrected chi connectivity index (χ1v) is 23.0. The van der Waals surface area contributed by atoms with E-state index in [1.165, 1.54) is 48.5 Å². The number of hydrogen-bond donors (Lipinski definition) is 3. The number of nitrogens with one attached hydrogen (secondary N) is 2. The third kappa shape index (κ3) is 13.8. The Balaban J connectivity index is 0.000000243. The summed E-state index contributed by atoms with van der Waals surface area (Å²) in [6.45, 7) is 11.5. The van der Waals surface area contributed by atoms with Crippen molar-refractivity contribution in [1.82, 2.24) is 29.7 Å². The number of carboxylic acids is 1. The molecule has 0 aliphatic carbocycles. The number of carboxylic acid groups (broad SMARTS) is 1. The monoisotopic (exact) mass is 958 g/mol. The first kappa shape index (κ1) is 49.1. The van der Waals surface area contributed by atoms with Crippen molar-refractivity contribution < 1.29 is 54.8 Å². The highest BCUT2D eigenvalue weighted by Gasteiger charge is 2.22. The molecule has 340 valence electrons. The molecule has 0 aliphatic heterocycles. The number of carbonyl (C=O) groups is 2. The van der Waals surface area contributed by atoms with E-state index in [0.717, 1.165) is 0 Å². The van der Waals surface area contributed by atoms with E-state index in [2.05, 4.69) is 25.0 Å². The summed E-state index contributed by atoms with van der Waals surface area (Å²) in [5.41, 5.74) is 1.58. The summed E-state index contributed by atoms with van der Waals surface area (Å²) in [5, 5.41) is 17.4. The van der Waals surface area contributed by atoms with Gasteiger partial charge in [-0.05, 0) is 133 Å². The Bertz CT molecular complexity index is 2810. The van der Waals surface area contributed by atoms with E-state index in [9.17, 15) is 26.4 Å². The van der Waals surface area contributed by atoms with Crippen LogP contribution in [0.3, 0.4) is 0 Å². The lowest BCUT2D eigenvalue weighted by atomic mass is 10.2. The van der Waals surface area contributed by atoms with E-state index in [1.54, 1.807) is 57.2 Å². The van der Waals surface area contributed by atoms with Crippen molar-refractivity contribution in [3.05, 3.63) is 95.0 Å². The van der Waals surface area contributed by atoms with Gasteiger partial charge < -0.3 is 28.4 Å². The third-order valence-corrected chi connectivity index (χ3v) is 11.4. The zero-order chi connectivity index (χ0) is 47.0. The molecule has 6 aromatic rings. The van der Waals surface area contributed by atoms with Gasteiger partial charge in [0.2, 0.25) is 31.7 Å². The van der Waals surface area contributed by atoms with Gasteiger partial charge in [-0.1, -0.05) is 33.5 Å². The topological polar surface area (TPSA) is 252 Å². The standard InChI is InChI=1S/C23H26ClN3O6S.C19H18ClN3O6S/c1-14(2)31-19-11-8-16(12-18(19)24)21-26-22(33-27-21)15-6-9-17(10-7-15)34(29,30)25-13-20(28)32-23(3,4)5;1-11(2)28-16-8-5-13(9-15(16)20)18-22-19(29-23-18)12-3-6-14(7-4-12)30(26,27)21-10-17(24)25/h6-12,14,25H,13H2,1-5H3;3-9,11,21H,10H2,1-2H3,(H,24,25). The maximum Gasteiger partial charge on any atom is 0.321 e. The Morgan fingerprint density at radius 2 is 1.02 bits per heavy atom. The summed E-state index contributed by atoms with van der Waals surface area (Å²) in [5.74, 6) is 0.179. The maximum atomic E-state index is 12.5. The van der Waals surface area contributed by atoms with Crippen LogP contribution in [-0.4, -0.2) is 85.1 Å². The van der Waals surface area contributed by atoms with Gasteiger partial charge >= 0.3 is 11.9 Å². The minimum Gasteiger partial charge on any atom is -0.489 e. The molecule has 0 radical (unpaired) electrons. The van der Waals surface area contributed by atoms with Crippen LogP contribution in [0.5, 0.6) is 11.5 Å². The van der Waals surface area contributed by atoms with Crippen LogP contribution >= 0.6 is 23.2 Å². The zero-order valence-electron chi connectivity index (χ0n) is 35.5. The molecular formula is C42H44Cl2N6O12S2. The molecule has 0 unspecified atom stereocenters. The van der Waals surface area contributed by atoms with Crippen LogP contribution in [0.15, 0.2) is 104 Å². The number of rotatable bonds is 16. The molecule has 0 fully saturated rings. The number of esters is 1. The second kappa shape index (κ2) is 20.7. The van der Waals surface area contributed by atoms with Gasteiger partial charge in [-0.3, -0.25) is 9.59 Å². The quantitative estimate of drug-likeness (QED) is 0.0787. The minimum atomic E-state index is -3.93. The molecule has 0 spiro atoms. The van der Waals surface area contributed by atoms with E-state index in [1.807, 2.05) is 32.4 Å². The highest BCUT2D eigenvalue weighted by molar-refractivity contribution is 7.89. The molecule has 0 atom stereocenters. The van der Waals surface area contributed by atoms with Gasteiger partial charge in [0.25, 0.3) is 11.8 Å². The summed E-state index contributed by atoms with van der Waals surface area (Å²) < 4.78 is 80.2. The van der Waals surface area contributed by atoms with Crippen molar-refractivity contribution in [2.45, 2.75) is 76.1 Å². The van der Waals surface area contributed by atoms with Gasteiger partial charge in [0.15, 0.2) is 0 Å². The molecular weight excluding hydrogens is 916 g/mol. The largest absolute Gasteiger partial charge is 0.489 e. The molecule has 64 heavy (non-hydrogen) atoms. The van der Waals surface area contributed by atoms with Crippen LogP contribution in [0, 0.1) is 0 Å². The number of benzene rings is 4. The Kier molecular flexibility index (Phi) is 15.9. The van der Waals surface area contributed by atoms with E-state index < -0.39 is 50.7 Å². The van der Waals surface area contributed by atoms with Crippen LogP contribution in [0.25, 0.3) is 45.7 Å². The SMILES string of the molecule is CC(C)Oc1ccc(-c2noc(-c3ccc(S(=O)(=O)NCC(=O)O)cc3)n2)cc1Cl.CC(C)Oc1ccc(-c2noc(-c3ccc(S(=O)(=O)NCC(=O)OC(C)(C)C)cc3)n2)cc1Cl. The van der Waals surface area contributed by atoms with Crippen molar-refractivity contribution in [3.8, 4) is 57.2 Å². The van der Waals surface area contributed by atoms with Crippen molar-refractivity contribution in [3.63, 3.8) is 0 Å². The predicted octanol–water partition coefficient (Wildman–Crippen LogP) is 7.67. The average molecular weight is 960 g/mol. The number of ether oxygens (including phenoxy) is 3. The Morgan fingerprint density at radius 3 is 1.36 bits per heavy atom. The number of hydrogen-bond acceptors (Lipinski definition) is 15. The Labute approximate surface area is 379 Å². The van der Waals surface area contributed by atoms with Gasteiger partial charge in [0.1, 0.15) is 30.2 Å². The van der Waals surface area contributed by atoms with E-state index >= 15 is 0 Å². The van der Waals surface area contributed by atoms with Gasteiger partial charge in [-0.15, -0.1) is 0 Å². The second-order valence-electron chi connectivity index (χ2n) is 15.1. The summed E-state index contributed by atoms with van der Waals surface area (Å²) in [7, 11) is -7.84. The fourth-order valence-electron chi connectivity index (χ4n) is 5.30. The third-order valence-electron chi connectivity index (χ3n) is 8.02. The van der Waals surface area contributed by atoms with Gasteiger partial charge in [-0.2, -0.15) is 19.4 Å². The normalized spacial score (nSPS) is 11.9. The minimum absolute atomic E-state index is 0.0144. The number of aliphatic carboxylic acids is 1. The van der Waals surface area contributed by atoms with Crippen LogP contribution in [0.2, 0.25) is 10.0 Å². The van der Waals surface area contributed by atoms with Crippen LogP contribution in [-0.2, 0) is 34.4 Å². The number of halogens is 2. The lowest BCUT2D eigenvalue weighted by Crippen LogP contribution is -2.34. The summed E-state index contributed by atoms with van der Waals surface area (Å²) in [6.07, 6.45) is -0.0318. The van der Waals surface area contributed by atoms with Gasteiger partial charge in [0, 0.05) is 22.3 Å². The lowest BCUT2D eigenvalue weighted by Gasteiger charge is -2.19. The molecule has 3 N–H and O–H groups in total. The highest BCUT2D eigenvalue weighted by atomic mass is 35.5. The average Bonchev–Trinajstić information content (AvgIpc) is 3.92. The first-order chi connectivity index (χ1) is 30.0. The molecule has 6 rings (SSSR count). The molecule has 0 aliphatic rings. The van der Waals surface area contributed by atoms with E-state index in [4.69, 9.17) is 51.6 Å². The summed E-state index contributed by atoms with van der Waals surface area (Å²) in [6, 6.07) is 21.8. The fraction of sp³-hybridized carbons (Fsp3) is 0.286. The number of carbonyl (C=O) groups excluding carboxylic acids is 1. The molecule has 0 bridgehead atoms. The summed E-state index contributed by atoms with van der Waals surface area (Å²) >= 11 is 12.5. The van der Waals surface area contributed by atoms with E-state index in [0.29, 0.717) is 55.4 Å². The van der Waals surface area contributed by atoms with E-state index in [-0.39, 0.29) is 33.8 Å². The Hall–Kier alpha value is -5.90. The van der Waals surface area contributed by atoms with Crippen LogP contribution in [0.1, 0.15) is 48.5 Å². The number of aromatic nitrogens is 4. The number of nitrogens with zero attached hydrogens (tertiary/aromatic N) is 4. The smallest absolute Gasteiger partial charge is 0.321 e. The van der Waals surface area contributed by atoms with Crippen LogP contribution < -0.4 is 18.9 Å². The zero-order valence-corrected chi connectivity index (χ0v) is 38.6. The molecule has 2 heterocycles. The molecule has 18 nitrogen and oxygen atoms in total.